The van der Waals surface area contributed by atoms with Crippen LogP contribution in [0, 0.1) is 22.7 Å². The number of hydrogen-bond donors (Lipinski definition) is 1. The second kappa shape index (κ2) is 9.70. The minimum absolute atomic E-state index is 0.168. The lowest BCUT2D eigenvalue weighted by atomic mass is 10.1. The van der Waals surface area contributed by atoms with Gasteiger partial charge in [-0.15, -0.1) is 0 Å². The zero-order chi connectivity index (χ0) is 23.5. The van der Waals surface area contributed by atoms with Crippen molar-refractivity contribution in [3.05, 3.63) is 66.2 Å². The van der Waals surface area contributed by atoms with Crippen LogP contribution in [0.3, 0.4) is 0 Å². The van der Waals surface area contributed by atoms with Crippen molar-refractivity contribution in [1.82, 2.24) is 24.3 Å². The van der Waals surface area contributed by atoms with E-state index in [2.05, 4.69) is 33.4 Å². The van der Waals surface area contributed by atoms with Crippen LogP contribution in [0.2, 0.25) is 0 Å². The van der Waals surface area contributed by atoms with Crippen molar-refractivity contribution in [2.75, 3.05) is 26.2 Å². The predicted octanol–water partition coefficient (Wildman–Crippen LogP) is 3.72. The van der Waals surface area contributed by atoms with E-state index < -0.39 is 0 Å². The van der Waals surface area contributed by atoms with Gasteiger partial charge in [0.2, 0.25) is 0 Å². The first-order valence-electron chi connectivity index (χ1n) is 11.2. The van der Waals surface area contributed by atoms with Gasteiger partial charge in [0, 0.05) is 46.4 Å². The average Bonchev–Trinajstić information content (AvgIpc) is 3.52. The van der Waals surface area contributed by atoms with E-state index in [1.54, 1.807) is 16.8 Å². The molecule has 0 saturated carbocycles. The third kappa shape index (κ3) is 4.29. The first-order valence-corrected chi connectivity index (χ1v) is 12.0. The Morgan fingerprint density at radius 3 is 2.71 bits per heavy atom. The molecule has 5 rings (SSSR count). The maximum Gasteiger partial charge on any atom is 0.103 e. The molecule has 4 heterocycles. The van der Waals surface area contributed by atoms with Gasteiger partial charge in [-0.05, 0) is 37.6 Å². The maximum absolute atomic E-state index is 9.61. The SMILES string of the molecule is N#Cc1ccccc1Sc1cc(-c2cnn([C@@H]3CCCN(CCO)C3)c2)cn2ncc(C#N)c12. The molecule has 0 bridgehead atoms. The molecule has 0 aliphatic carbocycles. The summed E-state index contributed by atoms with van der Waals surface area (Å²) in [6.07, 6.45) is 9.53. The van der Waals surface area contributed by atoms with E-state index in [1.165, 1.54) is 11.8 Å². The van der Waals surface area contributed by atoms with Crippen LogP contribution in [0.15, 0.2) is 64.9 Å². The van der Waals surface area contributed by atoms with Gasteiger partial charge in [0.15, 0.2) is 0 Å². The van der Waals surface area contributed by atoms with Crippen LogP contribution < -0.4 is 0 Å². The lowest BCUT2D eigenvalue weighted by molar-refractivity contribution is 0.138. The highest BCUT2D eigenvalue weighted by Crippen LogP contribution is 2.37. The Labute approximate surface area is 201 Å². The molecule has 0 amide bonds. The molecule has 1 aromatic carbocycles. The number of benzene rings is 1. The van der Waals surface area contributed by atoms with E-state index in [4.69, 9.17) is 0 Å². The highest BCUT2D eigenvalue weighted by molar-refractivity contribution is 7.99. The van der Waals surface area contributed by atoms with E-state index in [-0.39, 0.29) is 12.6 Å². The summed E-state index contributed by atoms with van der Waals surface area (Å²) >= 11 is 1.46. The molecule has 9 heteroatoms. The molecular formula is C25H23N7OS. The number of nitrogens with zero attached hydrogens (tertiary/aromatic N) is 7. The van der Waals surface area contributed by atoms with Gasteiger partial charge in [0.05, 0.1) is 41.7 Å². The van der Waals surface area contributed by atoms with Crippen LogP contribution in [0.1, 0.15) is 30.0 Å². The number of aliphatic hydroxyl groups is 1. The quantitative estimate of drug-likeness (QED) is 0.459. The van der Waals surface area contributed by atoms with Crippen molar-refractivity contribution < 1.29 is 5.11 Å². The maximum atomic E-state index is 9.61. The minimum atomic E-state index is 0.168. The van der Waals surface area contributed by atoms with Gasteiger partial charge in [0.1, 0.15) is 12.1 Å². The summed E-state index contributed by atoms with van der Waals surface area (Å²) in [5.74, 6) is 0. The molecule has 1 saturated heterocycles. The van der Waals surface area contributed by atoms with E-state index in [0.29, 0.717) is 17.7 Å². The minimum Gasteiger partial charge on any atom is -0.395 e. The van der Waals surface area contributed by atoms with Gasteiger partial charge in [-0.2, -0.15) is 20.7 Å². The fourth-order valence-corrected chi connectivity index (χ4v) is 5.54. The molecule has 4 aromatic rings. The average molecular weight is 470 g/mol. The Hall–Kier alpha value is -3.63. The number of β-amino-alcohol motifs (C(OH)–C–C–N with tert-alkyl or cyclic N) is 1. The first kappa shape index (κ1) is 22.2. The molecule has 0 spiro atoms. The monoisotopic (exact) mass is 469 g/mol. The third-order valence-electron chi connectivity index (χ3n) is 6.13. The van der Waals surface area contributed by atoms with E-state index >= 15 is 0 Å². The van der Waals surface area contributed by atoms with Crippen LogP contribution in [0.5, 0.6) is 0 Å². The zero-order valence-corrected chi connectivity index (χ0v) is 19.3. The van der Waals surface area contributed by atoms with Crippen molar-refractivity contribution in [2.24, 2.45) is 0 Å². The number of rotatable bonds is 6. The Kier molecular flexibility index (Phi) is 6.33. The molecule has 170 valence electrons. The fraction of sp³-hybridized carbons (Fsp3) is 0.280. The molecule has 0 radical (unpaired) electrons. The number of hydrogen-bond acceptors (Lipinski definition) is 7. The standard InChI is InChI=1S/C25H23N7OS/c26-11-18-4-1-2-6-23(18)34-24-10-19(15-32-25(24)20(12-27)13-29-32)21-14-28-31(16-21)22-5-3-7-30(17-22)8-9-33/h1-2,4,6,10,13-16,22,33H,3,5,7-9,17H2/t22-/m1/s1. The van der Waals surface area contributed by atoms with Gasteiger partial charge in [-0.25, -0.2) is 4.52 Å². The van der Waals surface area contributed by atoms with Gasteiger partial charge in [-0.3, -0.25) is 9.58 Å². The number of fused-ring (bicyclic) bond motifs is 1. The van der Waals surface area contributed by atoms with E-state index in [0.717, 1.165) is 52.4 Å². The van der Waals surface area contributed by atoms with Gasteiger partial charge >= 0.3 is 0 Å². The molecule has 1 fully saturated rings. The summed E-state index contributed by atoms with van der Waals surface area (Å²) in [6, 6.07) is 14.2. The smallest absolute Gasteiger partial charge is 0.103 e. The van der Waals surface area contributed by atoms with Gasteiger partial charge < -0.3 is 5.11 Å². The van der Waals surface area contributed by atoms with Crippen molar-refractivity contribution >= 4 is 17.3 Å². The number of likely N-dealkylation sites (tertiary alicyclic amines) is 1. The summed E-state index contributed by atoms with van der Waals surface area (Å²) < 4.78 is 3.75. The number of aliphatic hydroxyl groups excluding tert-OH is 1. The third-order valence-corrected chi connectivity index (χ3v) is 7.24. The second-order valence-corrected chi connectivity index (χ2v) is 9.38. The zero-order valence-electron chi connectivity index (χ0n) is 18.5. The molecule has 3 aromatic heterocycles. The van der Waals surface area contributed by atoms with Gasteiger partial charge in [0.25, 0.3) is 0 Å². The molecule has 1 atom stereocenters. The number of aromatic nitrogens is 4. The van der Waals surface area contributed by atoms with E-state index in [1.807, 2.05) is 41.3 Å². The van der Waals surface area contributed by atoms with Crippen molar-refractivity contribution in [3.8, 4) is 23.3 Å². The second-order valence-electron chi connectivity index (χ2n) is 8.30. The van der Waals surface area contributed by atoms with Crippen LogP contribution in [0.25, 0.3) is 16.6 Å². The lowest BCUT2D eigenvalue weighted by Crippen LogP contribution is -2.38. The first-order chi connectivity index (χ1) is 16.7. The molecule has 8 nitrogen and oxygen atoms in total. The lowest BCUT2D eigenvalue weighted by Gasteiger charge is -2.32. The molecular weight excluding hydrogens is 446 g/mol. The van der Waals surface area contributed by atoms with Crippen LogP contribution in [-0.4, -0.2) is 55.6 Å². The topological polar surface area (TPSA) is 106 Å². The highest BCUT2D eigenvalue weighted by atomic mass is 32.2. The molecule has 1 aliphatic heterocycles. The number of pyridine rings is 1. The van der Waals surface area contributed by atoms with Crippen LogP contribution >= 0.6 is 11.8 Å². The Balaban J connectivity index is 1.52. The number of piperidine rings is 1. The summed E-state index contributed by atoms with van der Waals surface area (Å²) in [6.45, 7) is 2.73. The fourth-order valence-electron chi connectivity index (χ4n) is 4.45. The van der Waals surface area contributed by atoms with Crippen LogP contribution in [0.4, 0.5) is 0 Å². The van der Waals surface area contributed by atoms with Crippen molar-refractivity contribution in [2.45, 2.75) is 28.7 Å². The molecule has 0 unspecified atom stereocenters. The summed E-state index contributed by atoms with van der Waals surface area (Å²) in [7, 11) is 0. The normalized spacial score (nSPS) is 16.4. The summed E-state index contributed by atoms with van der Waals surface area (Å²) in [4.78, 5) is 3.96. The summed E-state index contributed by atoms with van der Waals surface area (Å²) in [5.41, 5.74) is 3.71. The molecule has 34 heavy (non-hydrogen) atoms. The van der Waals surface area contributed by atoms with Gasteiger partial charge in [-0.1, -0.05) is 23.9 Å². The Morgan fingerprint density at radius 1 is 1.03 bits per heavy atom. The van der Waals surface area contributed by atoms with E-state index in [9.17, 15) is 15.6 Å². The number of nitriles is 2. The Bertz CT molecular complexity index is 1410. The van der Waals surface area contributed by atoms with Crippen molar-refractivity contribution in [3.63, 3.8) is 0 Å². The summed E-state index contributed by atoms with van der Waals surface area (Å²) in [5, 5.41) is 37.5. The molecule has 1 N–H and O–H groups in total. The molecule has 1 aliphatic rings. The Morgan fingerprint density at radius 2 is 1.88 bits per heavy atom. The highest BCUT2D eigenvalue weighted by Gasteiger charge is 2.22. The van der Waals surface area contributed by atoms with Crippen LogP contribution in [-0.2, 0) is 0 Å². The predicted molar refractivity (Wildman–Crippen MR) is 128 cm³/mol. The largest absolute Gasteiger partial charge is 0.395 e. The van der Waals surface area contributed by atoms with Crippen molar-refractivity contribution in [1.29, 1.82) is 10.5 Å².